The van der Waals surface area contributed by atoms with Crippen molar-refractivity contribution in [3.63, 3.8) is 0 Å². The van der Waals surface area contributed by atoms with Crippen LogP contribution in [-0.2, 0) is 18.3 Å². The van der Waals surface area contributed by atoms with E-state index >= 15 is 0 Å². The maximum absolute atomic E-state index is 12.5. The summed E-state index contributed by atoms with van der Waals surface area (Å²) < 4.78 is 0. The van der Waals surface area contributed by atoms with Crippen LogP contribution in [0.1, 0.15) is 52.0 Å². The number of benzene rings is 1. The minimum Gasteiger partial charge on any atom is -0.508 e. The lowest BCUT2D eigenvalue weighted by molar-refractivity contribution is -0.118. The van der Waals surface area contributed by atoms with Crippen LogP contribution in [0.5, 0.6) is 5.75 Å². The van der Waals surface area contributed by atoms with Crippen molar-refractivity contribution in [2.24, 2.45) is 11.8 Å². The molecule has 4 atom stereocenters. The molecule has 0 radical (unpaired) electrons. The van der Waals surface area contributed by atoms with Gasteiger partial charge in [-0.1, -0.05) is 6.07 Å². The summed E-state index contributed by atoms with van der Waals surface area (Å²) in [6.07, 6.45) is 3.98. The molecule has 6 rings (SSSR count). The van der Waals surface area contributed by atoms with Gasteiger partial charge in [-0.2, -0.15) is 0 Å². The third-order valence-corrected chi connectivity index (χ3v) is 8.55. The number of carbonyl (C=O) groups is 1. The standard InChI is InChI=1S/C25H28N2O5/c1-13-2-5-17(28)7-19(13)24-8-16-12-27(11-14-3-4-14)21(16)25(24,32)9-15-6-18(23(30)31)22(29)26-20(15)10-24/h2,5-7,14,16,21,28,32H,3-4,8-12H2,1H3,(H,26,29)(H,30,31)/t16?,21-,24-,25-/m1/s1. The highest BCUT2D eigenvalue weighted by atomic mass is 16.4. The van der Waals surface area contributed by atoms with Crippen molar-refractivity contribution in [3.8, 4) is 5.75 Å². The number of carboxylic acid groups (broad SMARTS) is 1. The first-order chi connectivity index (χ1) is 15.2. The van der Waals surface area contributed by atoms with E-state index in [0.29, 0.717) is 29.5 Å². The molecule has 1 aliphatic heterocycles. The molecular formula is C25H28N2O5. The van der Waals surface area contributed by atoms with E-state index in [2.05, 4.69) is 9.88 Å². The third-order valence-electron chi connectivity index (χ3n) is 8.55. The topological polar surface area (TPSA) is 114 Å². The molecule has 3 fully saturated rings. The number of hydrogen-bond donors (Lipinski definition) is 4. The summed E-state index contributed by atoms with van der Waals surface area (Å²) >= 11 is 0. The highest BCUT2D eigenvalue weighted by Gasteiger charge is 2.70. The quantitative estimate of drug-likeness (QED) is 0.583. The van der Waals surface area contributed by atoms with Gasteiger partial charge < -0.3 is 20.3 Å². The van der Waals surface area contributed by atoms with E-state index in [1.165, 1.54) is 18.9 Å². The summed E-state index contributed by atoms with van der Waals surface area (Å²) in [5.41, 5.74) is 0.680. The molecule has 0 spiro atoms. The fourth-order valence-corrected chi connectivity index (χ4v) is 7.01. The van der Waals surface area contributed by atoms with Gasteiger partial charge in [0.25, 0.3) is 5.56 Å². The summed E-state index contributed by atoms with van der Waals surface area (Å²) in [7, 11) is 0. The van der Waals surface area contributed by atoms with Crippen molar-refractivity contribution in [1.82, 2.24) is 9.88 Å². The molecule has 3 aliphatic carbocycles. The monoisotopic (exact) mass is 436 g/mol. The number of fused-ring (bicyclic) bond motifs is 4. The van der Waals surface area contributed by atoms with Crippen LogP contribution in [0, 0.1) is 18.8 Å². The predicted octanol–water partition coefficient (Wildman–Crippen LogP) is 1.97. The van der Waals surface area contributed by atoms with Gasteiger partial charge in [-0.15, -0.1) is 0 Å². The molecule has 7 heteroatoms. The Morgan fingerprint density at radius 3 is 2.75 bits per heavy atom. The second-order valence-electron chi connectivity index (χ2n) is 10.5. The number of likely N-dealkylation sites (tertiary alicyclic amines) is 1. The van der Waals surface area contributed by atoms with Gasteiger partial charge in [0.15, 0.2) is 0 Å². The fraction of sp³-hybridized carbons (Fsp3) is 0.520. The third kappa shape index (κ3) is 2.61. The second kappa shape index (κ2) is 6.45. The van der Waals surface area contributed by atoms with Crippen LogP contribution in [0.2, 0.25) is 0 Å². The van der Waals surface area contributed by atoms with Crippen molar-refractivity contribution in [3.05, 3.63) is 62.6 Å². The van der Waals surface area contributed by atoms with Crippen LogP contribution in [0.25, 0.3) is 0 Å². The lowest BCUT2D eigenvalue weighted by atomic mass is 9.59. The molecule has 1 aromatic heterocycles. The molecule has 1 aromatic carbocycles. The van der Waals surface area contributed by atoms with Gasteiger partial charge in [0, 0.05) is 43.1 Å². The number of phenols is 1. The van der Waals surface area contributed by atoms with E-state index in [1.54, 1.807) is 12.1 Å². The van der Waals surface area contributed by atoms with Gasteiger partial charge in [0.05, 0.1) is 5.60 Å². The Balaban J connectivity index is 1.53. The minimum absolute atomic E-state index is 0.00166. The lowest BCUT2D eigenvalue weighted by Crippen LogP contribution is -2.68. The highest BCUT2D eigenvalue weighted by molar-refractivity contribution is 5.87. The molecule has 32 heavy (non-hydrogen) atoms. The number of carboxylic acids is 1. The van der Waals surface area contributed by atoms with Gasteiger partial charge in [-0.05, 0) is 72.9 Å². The summed E-state index contributed by atoms with van der Waals surface area (Å²) in [6, 6.07) is 6.76. The number of aliphatic hydroxyl groups is 1. The number of rotatable bonds is 4. The van der Waals surface area contributed by atoms with E-state index in [4.69, 9.17) is 0 Å². The first kappa shape index (κ1) is 20.0. The lowest BCUT2D eigenvalue weighted by Gasteiger charge is -2.55. The average Bonchev–Trinajstić information content (AvgIpc) is 3.50. The molecule has 2 saturated carbocycles. The van der Waals surface area contributed by atoms with Gasteiger partial charge in [0.2, 0.25) is 0 Å². The molecule has 0 bridgehead atoms. The summed E-state index contributed by atoms with van der Waals surface area (Å²) in [4.78, 5) is 29.2. The molecule has 0 amide bonds. The van der Waals surface area contributed by atoms with Crippen molar-refractivity contribution in [2.45, 2.75) is 56.1 Å². The van der Waals surface area contributed by atoms with Gasteiger partial charge >= 0.3 is 5.97 Å². The Hall–Kier alpha value is -2.64. The van der Waals surface area contributed by atoms with E-state index in [-0.39, 0.29) is 23.8 Å². The number of aromatic hydroxyl groups is 1. The highest BCUT2D eigenvalue weighted by Crippen LogP contribution is 2.62. The molecule has 2 heterocycles. The molecule has 4 aliphatic rings. The Bertz CT molecular complexity index is 1200. The van der Waals surface area contributed by atoms with Crippen LogP contribution in [0.4, 0.5) is 0 Å². The number of nitrogens with one attached hydrogen (secondary N) is 1. The molecular weight excluding hydrogens is 408 g/mol. The minimum atomic E-state index is -1.26. The summed E-state index contributed by atoms with van der Waals surface area (Å²) in [5, 5.41) is 32.3. The van der Waals surface area contributed by atoms with Gasteiger partial charge in [-0.3, -0.25) is 9.69 Å². The largest absolute Gasteiger partial charge is 0.508 e. The van der Waals surface area contributed by atoms with Crippen LogP contribution in [0.15, 0.2) is 29.1 Å². The Morgan fingerprint density at radius 2 is 2.03 bits per heavy atom. The number of H-pyrrole nitrogens is 1. The normalized spacial score (nSPS) is 33.2. The maximum atomic E-state index is 12.5. The Morgan fingerprint density at radius 1 is 1.25 bits per heavy atom. The molecule has 4 N–H and O–H groups in total. The van der Waals surface area contributed by atoms with E-state index in [9.17, 15) is 24.9 Å². The van der Waals surface area contributed by atoms with Crippen molar-refractivity contribution < 1.29 is 20.1 Å². The average molecular weight is 437 g/mol. The van der Waals surface area contributed by atoms with Crippen molar-refractivity contribution in [1.29, 1.82) is 0 Å². The van der Waals surface area contributed by atoms with E-state index < -0.39 is 22.5 Å². The number of aromatic carboxylic acids is 1. The first-order valence-corrected chi connectivity index (χ1v) is 11.5. The molecule has 7 nitrogen and oxygen atoms in total. The number of aryl methyl sites for hydroxylation is 1. The molecule has 1 saturated heterocycles. The number of hydrogen-bond acceptors (Lipinski definition) is 5. The van der Waals surface area contributed by atoms with Gasteiger partial charge in [-0.25, -0.2) is 4.79 Å². The van der Waals surface area contributed by atoms with Crippen LogP contribution < -0.4 is 5.56 Å². The number of aromatic nitrogens is 1. The van der Waals surface area contributed by atoms with Crippen LogP contribution in [-0.4, -0.2) is 55.9 Å². The van der Waals surface area contributed by atoms with Crippen molar-refractivity contribution >= 4 is 5.97 Å². The van der Waals surface area contributed by atoms with E-state index in [1.807, 2.05) is 13.0 Å². The summed E-state index contributed by atoms with van der Waals surface area (Å²) in [5.74, 6) is -0.0506. The smallest absolute Gasteiger partial charge is 0.341 e. The summed E-state index contributed by atoms with van der Waals surface area (Å²) in [6.45, 7) is 3.95. The van der Waals surface area contributed by atoms with Crippen LogP contribution >= 0.6 is 0 Å². The molecule has 1 unspecified atom stereocenters. The maximum Gasteiger partial charge on any atom is 0.341 e. The predicted molar refractivity (Wildman–Crippen MR) is 117 cm³/mol. The number of pyridine rings is 1. The SMILES string of the molecule is Cc1ccc(O)cc1[C@@]12Cc3[nH]c(=O)c(C(=O)O)cc3C[C@@]1(O)[C@H]1C(CN1CC1CC1)C2. The second-order valence-corrected chi connectivity index (χ2v) is 10.5. The Labute approximate surface area is 185 Å². The first-order valence-electron chi connectivity index (χ1n) is 11.5. The van der Waals surface area contributed by atoms with Crippen LogP contribution in [0.3, 0.4) is 0 Å². The number of aromatic amines is 1. The van der Waals surface area contributed by atoms with Crippen molar-refractivity contribution in [2.75, 3.05) is 13.1 Å². The zero-order valence-corrected chi connectivity index (χ0v) is 18.1. The van der Waals surface area contributed by atoms with E-state index in [0.717, 1.165) is 30.6 Å². The fourth-order valence-electron chi connectivity index (χ4n) is 7.01. The Kier molecular flexibility index (Phi) is 4.03. The molecule has 168 valence electrons. The zero-order valence-electron chi connectivity index (χ0n) is 18.1. The molecule has 2 aromatic rings. The number of nitrogens with zero attached hydrogens (tertiary/aromatic N) is 1. The zero-order chi connectivity index (χ0) is 22.4. The number of phenolic OH excluding ortho intramolecular Hbond substituents is 1. The van der Waals surface area contributed by atoms with Gasteiger partial charge in [0.1, 0.15) is 11.3 Å².